The third-order valence-corrected chi connectivity index (χ3v) is 6.02. The molecule has 1 N–H and O–H groups in total. The molecule has 1 saturated heterocycles. The zero-order valence-corrected chi connectivity index (χ0v) is 13.6. The molecule has 3 rings (SSSR count). The molecule has 1 heterocycles. The van der Waals surface area contributed by atoms with E-state index >= 15 is 0 Å². The van der Waals surface area contributed by atoms with Gasteiger partial charge in [0.2, 0.25) is 0 Å². The first-order valence-electron chi connectivity index (χ1n) is 9.30. The molecule has 116 valence electrons. The highest BCUT2D eigenvalue weighted by Crippen LogP contribution is 2.38. The number of hydrogen-bond acceptors (Lipinski definition) is 2. The Balaban J connectivity index is 1.58. The standard InChI is InChI=1S/C18H34N2/c1-3-14-11-17(19-16-7-5-6-8-16)13-20(12-14)18(4-2)15-9-10-15/h14-19H,3-13H2,1-2H3. The molecule has 3 aliphatic rings. The Labute approximate surface area is 125 Å². The Hall–Kier alpha value is -0.0800. The third kappa shape index (κ3) is 3.57. The zero-order valence-electron chi connectivity index (χ0n) is 13.6. The summed E-state index contributed by atoms with van der Waals surface area (Å²) >= 11 is 0. The summed E-state index contributed by atoms with van der Waals surface area (Å²) in [6, 6.07) is 2.49. The van der Waals surface area contributed by atoms with Crippen molar-refractivity contribution < 1.29 is 0 Å². The minimum Gasteiger partial charge on any atom is -0.310 e. The Bertz CT molecular complexity index is 294. The van der Waals surface area contributed by atoms with Crippen molar-refractivity contribution in [2.24, 2.45) is 11.8 Å². The van der Waals surface area contributed by atoms with Crippen molar-refractivity contribution in [2.75, 3.05) is 13.1 Å². The molecule has 0 amide bonds. The lowest BCUT2D eigenvalue weighted by Gasteiger charge is -2.43. The van der Waals surface area contributed by atoms with Crippen molar-refractivity contribution in [3.05, 3.63) is 0 Å². The van der Waals surface area contributed by atoms with E-state index in [1.165, 1.54) is 70.9 Å². The first-order chi connectivity index (χ1) is 9.80. The molecule has 1 aliphatic heterocycles. The van der Waals surface area contributed by atoms with Gasteiger partial charge in [-0.2, -0.15) is 0 Å². The van der Waals surface area contributed by atoms with Crippen LogP contribution in [0.2, 0.25) is 0 Å². The zero-order chi connectivity index (χ0) is 13.9. The fourth-order valence-electron chi connectivity index (χ4n) is 4.72. The van der Waals surface area contributed by atoms with Gasteiger partial charge in [-0.15, -0.1) is 0 Å². The van der Waals surface area contributed by atoms with Crippen LogP contribution in [0.5, 0.6) is 0 Å². The summed E-state index contributed by atoms with van der Waals surface area (Å²) in [5, 5.41) is 4.01. The summed E-state index contributed by atoms with van der Waals surface area (Å²) in [7, 11) is 0. The number of piperidine rings is 1. The van der Waals surface area contributed by atoms with Crippen LogP contribution in [0.25, 0.3) is 0 Å². The second-order valence-corrected chi connectivity index (χ2v) is 7.62. The van der Waals surface area contributed by atoms with Gasteiger partial charge in [0.25, 0.3) is 0 Å². The van der Waals surface area contributed by atoms with Crippen LogP contribution in [-0.2, 0) is 0 Å². The maximum Gasteiger partial charge on any atom is 0.0200 e. The van der Waals surface area contributed by atoms with E-state index < -0.39 is 0 Å². The maximum atomic E-state index is 4.01. The smallest absolute Gasteiger partial charge is 0.0200 e. The van der Waals surface area contributed by atoms with Crippen LogP contribution < -0.4 is 5.32 Å². The Morgan fingerprint density at radius 1 is 1.00 bits per heavy atom. The van der Waals surface area contributed by atoms with E-state index in [-0.39, 0.29) is 0 Å². The number of likely N-dealkylation sites (tertiary alicyclic amines) is 1. The van der Waals surface area contributed by atoms with E-state index in [0.29, 0.717) is 0 Å². The summed E-state index contributed by atoms with van der Waals surface area (Å²) in [6.07, 6.45) is 12.9. The van der Waals surface area contributed by atoms with Crippen LogP contribution in [-0.4, -0.2) is 36.1 Å². The second kappa shape index (κ2) is 6.79. The topological polar surface area (TPSA) is 15.3 Å². The minimum absolute atomic E-state index is 0.768. The lowest BCUT2D eigenvalue weighted by molar-refractivity contribution is 0.0789. The summed E-state index contributed by atoms with van der Waals surface area (Å²) in [5.74, 6) is 1.96. The van der Waals surface area contributed by atoms with E-state index in [1.54, 1.807) is 0 Å². The van der Waals surface area contributed by atoms with Gasteiger partial charge in [-0.3, -0.25) is 4.90 Å². The van der Waals surface area contributed by atoms with Gasteiger partial charge in [0.1, 0.15) is 0 Å². The largest absolute Gasteiger partial charge is 0.310 e. The molecule has 3 atom stereocenters. The molecule has 2 saturated carbocycles. The van der Waals surface area contributed by atoms with E-state index in [0.717, 1.165) is 30.0 Å². The van der Waals surface area contributed by atoms with Crippen LogP contribution in [0.3, 0.4) is 0 Å². The first kappa shape index (κ1) is 14.8. The fraction of sp³-hybridized carbons (Fsp3) is 1.00. The predicted molar refractivity (Wildman–Crippen MR) is 86.0 cm³/mol. The van der Waals surface area contributed by atoms with Crippen LogP contribution >= 0.6 is 0 Å². The molecular weight excluding hydrogens is 244 g/mol. The molecule has 0 aromatic carbocycles. The van der Waals surface area contributed by atoms with Crippen LogP contribution in [0.1, 0.15) is 71.6 Å². The van der Waals surface area contributed by atoms with Gasteiger partial charge in [0, 0.05) is 31.2 Å². The quantitative estimate of drug-likeness (QED) is 0.795. The van der Waals surface area contributed by atoms with Gasteiger partial charge in [0.05, 0.1) is 0 Å². The average Bonchev–Trinajstić information content (AvgIpc) is 3.16. The van der Waals surface area contributed by atoms with E-state index in [2.05, 4.69) is 24.1 Å². The first-order valence-corrected chi connectivity index (χ1v) is 9.30. The molecule has 0 aromatic heterocycles. The number of hydrogen-bond donors (Lipinski definition) is 1. The number of nitrogens with one attached hydrogen (secondary N) is 1. The highest BCUT2D eigenvalue weighted by Gasteiger charge is 2.38. The molecule has 3 fully saturated rings. The molecule has 0 aromatic rings. The molecular formula is C18H34N2. The number of nitrogens with zero attached hydrogens (tertiary/aromatic N) is 1. The van der Waals surface area contributed by atoms with Crippen molar-refractivity contribution in [3.63, 3.8) is 0 Å². The molecule has 3 unspecified atom stereocenters. The molecule has 2 heteroatoms. The van der Waals surface area contributed by atoms with E-state index in [1.807, 2.05) is 0 Å². The maximum absolute atomic E-state index is 4.01. The molecule has 0 bridgehead atoms. The SMILES string of the molecule is CCC1CC(NC2CCCC2)CN(C(CC)C2CC2)C1. The normalized spacial score (nSPS) is 34.5. The third-order valence-electron chi connectivity index (χ3n) is 6.02. The van der Waals surface area contributed by atoms with Gasteiger partial charge in [-0.05, 0) is 50.4 Å². The predicted octanol–water partition coefficient (Wildman–Crippen LogP) is 3.81. The van der Waals surface area contributed by atoms with Crippen LogP contribution in [0.15, 0.2) is 0 Å². The van der Waals surface area contributed by atoms with Crippen molar-refractivity contribution in [1.29, 1.82) is 0 Å². The highest BCUT2D eigenvalue weighted by atomic mass is 15.2. The second-order valence-electron chi connectivity index (χ2n) is 7.62. The molecule has 2 nitrogen and oxygen atoms in total. The van der Waals surface area contributed by atoms with Gasteiger partial charge in [-0.25, -0.2) is 0 Å². The highest BCUT2D eigenvalue weighted by molar-refractivity contribution is 4.93. The van der Waals surface area contributed by atoms with Crippen LogP contribution in [0, 0.1) is 11.8 Å². The Morgan fingerprint density at radius 2 is 1.75 bits per heavy atom. The van der Waals surface area contributed by atoms with Crippen LogP contribution in [0.4, 0.5) is 0 Å². The Morgan fingerprint density at radius 3 is 2.35 bits per heavy atom. The lowest BCUT2D eigenvalue weighted by atomic mass is 9.89. The van der Waals surface area contributed by atoms with Gasteiger partial charge in [-0.1, -0.05) is 33.1 Å². The van der Waals surface area contributed by atoms with E-state index in [4.69, 9.17) is 0 Å². The summed E-state index contributed by atoms with van der Waals surface area (Å²) in [6.45, 7) is 7.48. The molecule has 0 radical (unpaired) electrons. The Kier molecular flexibility index (Phi) is 5.04. The van der Waals surface area contributed by atoms with Crippen molar-refractivity contribution in [3.8, 4) is 0 Å². The minimum atomic E-state index is 0.768. The lowest BCUT2D eigenvalue weighted by Crippen LogP contribution is -2.54. The summed E-state index contributed by atoms with van der Waals surface area (Å²) in [4.78, 5) is 2.86. The van der Waals surface area contributed by atoms with Gasteiger partial charge in [0.15, 0.2) is 0 Å². The average molecular weight is 278 g/mol. The van der Waals surface area contributed by atoms with E-state index in [9.17, 15) is 0 Å². The van der Waals surface area contributed by atoms with Crippen molar-refractivity contribution in [2.45, 2.75) is 89.8 Å². The fourth-order valence-corrected chi connectivity index (χ4v) is 4.72. The van der Waals surface area contributed by atoms with Crippen molar-refractivity contribution in [1.82, 2.24) is 10.2 Å². The van der Waals surface area contributed by atoms with Gasteiger partial charge >= 0.3 is 0 Å². The summed E-state index contributed by atoms with van der Waals surface area (Å²) < 4.78 is 0. The molecule has 20 heavy (non-hydrogen) atoms. The number of rotatable bonds is 6. The molecule has 0 spiro atoms. The van der Waals surface area contributed by atoms with Gasteiger partial charge < -0.3 is 5.32 Å². The van der Waals surface area contributed by atoms with Crippen molar-refractivity contribution >= 4 is 0 Å². The summed E-state index contributed by atoms with van der Waals surface area (Å²) in [5.41, 5.74) is 0. The monoisotopic (exact) mass is 278 g/mol. The molecule has 2 aliphatic carbocycles.